The fourth-order valence-electron chi connectivity index (χ4n) is 1.42. The standard InChI is InChI=1S/C11H11BrN4O/c1-7-13-4-3-10(14-7)15-9-5-8(12)6-16(2)11(9)17/h3-6H,1-2H3,(H,13,14,15). The van der Waals surface area contributed by atoms with Gasteiger partial charge in [-0.1, -0.05) is 0 Å². The third-order valence-corrected chi connectivity index (χ3v) is 2.62. The lowest BCUT2D eigenvalue weighted by Crippen LogP contribution is -2.19. The van der Waals surface area contributed by atoms with Crippen molar-refractivity contribution < 1.29 is 0 Å². The largest absolute Gasteiger partial charge is 0.336 e. The van der Waals surface area contributed by atoms with Crippen molar-refractivity contribution >= 4 is 27.4 Å². The van der Waals surface area contributed by atoms with Gasteiger partial charge in [-0.25, -0.2) is 9.97 Å². The summed E-state index contributed by atoms with van der Waals surface area (Å²) in [6, 6.07) is 3.44. The molecule has 0 bridgehead atoms. The Hall–Kier alpha value is -1.69. The number of anilines is 2. The molecule has 0 aromatic carbocycles. The fraction of sp³-hybridized carbons (Fsp3) is 0.182. The highest BCUT2D eigenvalue weighted by molar-refractivity contribution is 9.10. The molecule has 0 aliphatic carbocycles. The Labute approximate surface area is 107 Å². The Morgan fingerprint density at radius 3 is 2.94 bits per heavy atom. The molecule has 2 rings (SSSR count). The maximum absolute atomic E-state index is 11.8. The van der Waals surface area contributed by atoms with E-state index in [2.05, 4.69) is 31.2 Å². The molecule has 0 fully saturated rings. The van der Waals surface area contributed by atoms with Crippen molar-refractivity contribution in [3.05, 3.63) is 45.2 Å². The first-order valence-electron chi connectivity index (χ1n) is 4.99. The topological polar surface area (TPSA) is 59.8 Å². The Morgan fingerprint density at radius 2 is 2.24 bits per heavy atom. The van der Waals surface area contributed by atoms with Crippen LogP contribution in [-0.2, 0) is 7.05 Å². The molecule has 0 spiro atoms. The molecule has 0 aliphatic rings. The van der Waals surface area contributed by atoms with Crippen LogP contribution in [0.1, 0.15) is 5.82 Å². The number of aryl methyl sites for hydroxylation is 2. The lowest BCUT2D eigenvalue weighted by molar-refractivity contribution is 0.858. The number of rotatable bonds is 2. The zero-order valence-corrected chi connectivity index (χ0v) is 11.0. The summed E-state index contributed by atoms with van der Waals surface area (Å²) in [5.41, 5.74) is 0.365. The summed E-state index contributed by atoms with van der Waals surface area (Å²) < 4.78 is 2.33. The number of halogens is 1. The molecule has 88 valence electrons. The second-order valence-corrected chi connectivity index (χ2v) is 4.52. The number of hydrogen-bond acceptors (Lipinski definition) is 4. The number of aromatic nitrogens is 3. The lowest BCUT2D eigenvalue weighted by Gasteiger charge is -2.07. The van der Waals surface area contributed by atoms with E-state index in [1.54, 1.807) is 38.5 Å². The molecular formula is C11H11BrN4O. The SMILES string of the molecule is Cc1nccc(Nc2cc(Br)cn(C)c2=O)n1. The quantitative estimate of drug-likeness (QED) is 0.920. The summed E-state index contributed by atoms with van der Waals surface area (Å²) in [6.07, 6.45) is 3.35. The van der Waals surface area contributed by atoms with Crippen LogP contribution in [0.3, 0.4) is 0 Å². The molecule has 0 saturated heterocycles. The van der Waals surface area contributed by atoms with E-state index in [0.717, 1.165) is 4.47 Å². The highest BCUT2D eigenvalue weighted by atomic mass is 79.9. The van der Waals surface area contributed by atoms with Crippen LogP contribution in [-0.4, -0.2) is 14.5 Å². The van der Waals surface area contributed by atoms with Gasteiger partial charge in [0.2, 0.25) is 0 Å². The van der Waals surface area contributed by atoms with Crippen LogP contribution in [0.2, 0.25) is 0 Å². The number of pyridine rings is 1. The molecule has 2 heterocycles. The molecule has 0 radical (unpaired) electrons. The normalized spacial score (nSPS) is 10.3. The van der Waals surface area contributed by atoms with Crippen LogP contribution in [0.15, 0.2) is 33.8 Å². The minimum absolute atomic E-state index is 0.107. The highest BCUT2D eigenvalue weighted by Gasteiger charge is 2.04. The van der Waals surface area contributed by atoms with Crippen LogP contribution in [0.25, 0.3) is 0 Å². The van der Waals surface area contributed by atoms with Gasteiger partial charge in [0.15, 0.2) is 0 Å². The maximum atomic E-state index is 11.8. The Balaban J connectivity index is 2.40. The zero-order valence-electron chi connectivity index (χ0n) is 9.44. The van der Waals surface area contributed by atoms with Gasteiger partial charge in [-0.2, -0.15) is 0 Å². The molecule has 0 atom stereocenters. The average molecular weight is 295 g/mol. The third kappa shape index (κ3) is 2.71. The van der Waals surface area contributed by atoms with Gasteiger partial charge in [-0.15, -0.1) is 0 Å². The van der Waals surface area contributed by atoms with Crippen LogP contribution in [0, 0.1) is 6.92 Å². The summed E-state index contributed by atoms with van der Waals surface area (Å²) in [5, 5.41) is 2.98. The molecule has 0 aliphatic heterocycles. The summed E-state index contributed by atoms with van der Waals surface area (Å²) in [5.74, 6) is 1.26. The minimum atomic E-state index is -0.107. The van der Waals surface area contributed by atoms with Crippen molar-refractivity contribution in [1.82, 2.24) is 14.5 Å². The van der Waals surface area contributed by atoms with Crippen LogP contribution >= 0.6 is 15.9 Å². The first-order chi connectivity index (χ1) is 8.06. The van der Waals surface area contributed by atoms with E-state index in [1.807, 2.05) is 0 Å². The Bertz CT molecular complexity index is 609. The van der Waals surface area contributed by atoms with Gasteiger partial charge < -0.3 is 9.88 Å². The lowest BCUT2D eigenvalue weighted by atomic mass is 10.4. The molecule has 2 aromatic heterocycles. The van der Waals surface area contributed by atoms with E-state index in [-0.39, 0.29) is 5.56 Å². The summed E-state index contributed by atoms with van der Waals surface area (Å²) >= 11 is 3.34. The molecular weight excluding hydrogens is 284 g/mol. The van der Waals surface area contributed by atoms with Gasteiger partial charge in [0.1, 0.15) is 17.3 Å². The molecule has 0 unspecified atom stereocenters. The monoisotopic (exact) mass is 294 g/mol. The Kier molecular flexibility index (Phi) is 3.23. The van der Waals surface area contributed by atoms with Crippen molar-refractivity contribution in [3.8, 4) is 0 Å². The molecule has 2 aromatic rings. The minimum Gasteiger partial charge on any atom is -0.336 e. The Morgan fingerprint density at radius 1 is 1.47 bits per heavy atom. The maximum Gasteiger partial charge on any atom is 0.274 e. The predicted molar refractivity (Wildman–Crippen MR) is 69.4 cm³/mol. The van der Waals surface area contributed by atoms with Crippen molar-refractivity contribution in [2.45, 2.75) is 6.92 Å². The molecule has 6 heteroatoms. The van der Waals surface area contributed by atoms with Crippen molar-refractivity contribution in [2.75, 3.05) is 5.32 Å². The fourth-order valence-corrected chi connectivity index (χ4v) is 1.96. The van der Waals surface area contributed by atoms with E-state index in [9.17, 15) is 4.79 Å². The average Bonchev–Trinajstić information content (AvgIpc) is 2.25. The number of nitrogens with zero attached hydrogens (tertiary/aromatic N) is 3. The smallest absolute Gasteiger partial charge is 0.274 e. The number of hydrogen-bond donors (Lipinski definition) is 1. The van der Waals surface area contributed by atoms with Crippen molar-refractivity contribution in [3.63, 3.8) is 0 Å². The third-order valence-electron chi connectivity index (χ3n) is 2.19. The van der Waals surface area contributed by atoms with Crippen LogP contribution in [0.5, 0.6) is 0 Å². The molecule has 0 amide bonds. The van der Waals surface area contributed by atoms with E-state index in [4.69, 9.17) is 0 Å². The van der Waals surface area contributed by atoms with Crippen LogP contribution < -0.4 is 10.9 Å². The van der Waals surface area contributed by atoms with Gasteiger partial charge in [0.05, 0.1) is 0 Å². The second kappa shape index (κ2) is 4.67. The van der Waals surface area contributed by atoms with Gasteiger partial charge in [-0.3, -0.25) is 4.79 Å². The predicted octanol–water partition coefficient (Wildman–Crippen LogP) is 1.99. The van der Waals surface area contributed by atoms with E-state index in [1.165, 1.54) is 4.57 Å². The summed E-state index contributed by atoms with van der Waals surface area (Å²) in [7, 11) is 1.70. The molecule has 1 N–H and O–H groups in total. The van der Waals surface area contributed by atoms with Crippen molar-refractivity contribution in [1.29, 1.82) is 0 Å². The molecule has 17 heavy (non-hydrogen) atoms. The van der Waals surface area contributed by atoms with E-state index < -0.39 is 0 Å². The van der Waals surface area contributed by atoms with Gasteiger partial charge in [0.25, 0.3) is 5.56 Å². The molecule has 0 saturated carbocycles. The second-order valence-electron chi connectivity index (χ2n) is 3.60. The summed E-state index contributed by atoms with van der Waals surface area (Å²) in [6.45, 7) is 1.80. The van der Waals surface area contributed by atoms with Gasteiger partial charge >= 0.3 is 0 Å². The van der Waals surface area contributed by atoms with Crippen molar-refractivity contribution in [2.24, 2.45) is 7.05 Å². The van der Waals surface area contributed by atoms with E-state index >= 15 is 0 Å². The van der Waals surface area contributed by atoms with E-state index in [0.29, 0.717) is 17.3 Å². The summed E-state index contributed by atoms with van der Waals surface area (Å²) in [4.78, 5) is 20.0. The highest BCUT2D eigenvalue weighted by Crippen LogP contribution is 2.15. The zero-order chi connectivity index (χ0) is 12.4. The molecule has 5 nitrogen and oxygen atoms in total. The first kappa shape index (κ1) is 11.8. The van der Waals surface area contributed by atoms with Crippen LogP contribution in [0.4, 0.5) is 11.5 Å². The van der Waals surface area contributed by atoms with Gasteiger partial charge in [0, 0.05) is 23.9 Å². The van der Waals surface area contributed by atoms with Gasteiger partial charge in [-0.05, 0) is 35.0 Å². The first-order valence-corrected chi connectivity index (χ1v) is 5.78. The number of nitrogens with one attached hydrogen (secondary N) is 1.